The zero-order valence-corrected chi connectivity index (χ0v) is 12.4. The highest BCUT2D eigenvalue weighted by atomic mass is 32.2. The van der Waals surface area contributed by atoms with Crippen molar-refractivity contribution in [2.24, 2.45) is 5.14 Å². The summed E-state index contributed by atoms with van der Waals surface area (Å²) in [5, 5.41) is 18.2. The molecule has 1 fully saturated rings. The Bertz CT molecular complexity index is 542. The summed E-state index contributed by atoms with van der Waals surface area (Å²) in [6.07, 6.45) is 3.56. The Morgan fingerprint density at radius 3 is 2.50 bits per heavy atom. The monoisotopic (exact) mass is 298 g/mol. The number of nitrogens with one attached hydrogen (secondary N) is 1. The molecule has 1 saturated carbocycles. The van der Waals surface area contributed by atoms with Gasteiger partial charge in [-0.05, 0) is 50.3 Å². The van der Waals surface area contributed by atoms with Crippen LogP contribution in [0.5, 0.6) is 0 Å². The minimum absolute atomic E-state index is 0.111. The van der Waals surface area contributed by atoms with Gasteiger partial charge in [-0.15, -0.1) is 0 Å². The zero-order chi connectivity index (χ0) is 14.8. The number of hydrogen-bond donors (Lipinski definition) is 3. The molecule has 0 radical (unpaired) electrons. The van der Waals surface area contributed by atoms with Crippen molar-refractivity contribution in [2.75, 3.05) is 0 Å². The molecule has 0 bridgehead atoms. The Labute approximate surface area is 120 Å². The van der Waals surface area contributed by atoms with Crippen molar-refractivity contribution in [3.05, 3.63) is 29.8 Å². The van der Waals surface area contributed by atoms with Crippen LogP contribution >= 0.6 is 0 Å². The van der Waals surface area contributed by atoms with Crippen molar-refractivity contribution in [3.8, 4) is 0 Å². The van der Waals surface area contributed by atoms with Gasteiger partial charge in [-0.1, -0.05) is 12.1 Å². The Morgan fingerprint density at radius 1 is 1.30 bits per heavy atom. The fourth-order valence-electron chi connectivity index (χ4n) is 2.71. The molecule has 5 nitrogen and oxygen atoms in total. The molecule has 1 aliphatic rings. The van der Waals surface area contributed by atoms with Crippen LogP contribution in [0, 0.1) is 0 Å². The lowest BCUT2D eigenvalue weighted by molar-refractivity contribution is 0.109. The summed E-state index contributed by atoms with van der Waals surface area (Å²) in [6, 6.07) is 7.02. The predicted molar refractivity (Wildman–Crippen MR) is 77.6 cm³/mol. The van der Waals surface area contributed by atoms with Crippen molar-refractivity contribution in [3.63, 3.8) is 0 Å². The van der Waals surface area contributed by atoms with Gasteiger partial charge in [-0.25, -0.2) is 13.6 Å². The molecule has 0 heterocycles. The van der Waals surface area contributed by atoms with Crippen LogP contribution in [0.25, 0.3) is 0 Å². The summed E-state index contributed by atoms with van der Waals surface area (Å²) in [4.78, 5) is 0.126. The van der Waals surface area contributed by atoms with Gasteiger partial charge in [0.25, 0.3) is 0 Å². The van der Waals surface area contributed by atoms with Crippen LogP contribution in [0.15, 0.2) is 29.2 Å². The van der Waals surface area contributed by atoms with Gasteiger partial charge < -0.3 is 10.4 Å². The molecule has 0 aromatic heterocycles. The molecule has 2 rings (SSSR count). The topological polar surface area (TPSA) is 92.4 Å². The lowest BCUT2D eigenvalue weighted by Crippen LogP contribution is -2.37. The quantitative estimate of drug-likeness (QED) is 0.781. The molecule has 1 aromatic rings. The van der Waals surface area contributed by atoms with E-state index >= 15 is 0 Å². The first-order valence-corrected chi connectivity index (χ1v) is 8.48. The summed E-state index contributed by atoms with van der Waals surface area (Å²) < 4.78 is 22.4. The van der Waals surface area contributed by atoms with Gasteiger partial charge >= 0.3 is 0 Å². The molecule has 0 spiro atoms. The summed E-state index contributed by atoms with van der Waals surface area (Å²) in [5.41, 5.74) is 1.01. The molecule has 3 atom stereocenters. The highest BCUT2D eigenvalue weighted by Crippen LogP contribution is 2.22. The third-order valence-electron chi connectivity index (χ3n) is 3.84. The predicted octanol–water partition coefficient (Wildman–Crippen LogP) is 1.29. The van der Waals surface area contributed by atoms with E-state index < -0.39 is 10.0 Å². The minimum Gasteiger partial charge on any atom is -0.393 e. The maximum Gasteiger partial charge on any atom is 0.238 e. The summed E-state index contributed by atoms with van der Waals surface area (Å²) >= 11 is 0. The van der Waals surface area contributed by atoms with Crippen molar-refractivity contribution in [2.45, 2.75) is 55.7 Å². The summed E-state index contributed by atoms with van der Waals surface area (Å²) in [5.74, 6) is 0. The third-order valence-corrected chi connectivity index (χ3v) is 4.77. The van der Waals surface area contributed by atoms with E-state index in [2.05, 4.69) is 5.32 Å². The SMILES string of the molecule is CC(NC1CCCC(O)C1)c1ccc(S(N)(=O)=O)cc1. The molecule has 6 heteroatoms. The molecule has 0 aliphatic heterocycles. The second-order valence-corrected chi connectivity index (χ2v) is 7.08. The molecule has 4 N–H and O–H groups in total. The Balaban J connectivity index is 2.00. The van der Waals surface area contributed by atoms with E-state index in [4.69, 9.17) is 5.14 Å². The van der Waals surface area contributed by atoms with Gasteiger partial charge in [0.15, 0.2) is 0 Å². The van der Waals surface area contributed by atoms with E-state index in [-0.39, 0.29) is 17.0 Å². The van der Waals surface area contributed by atoms with Gasteiger partial charge in [0, 0.05) is 12.1 Å². The van der Waals surface area contributed by atoms with Gasteiger partial charge in [-0.3, -0.25) is 0 Å². The minimum atomic E-state index is -3.63. The first kappa shape index (κ1) is 15.4. The lowest BCUT2D eigenvalue weighted by Gasteiger charge is -2.29. The number of hydrogen-bond acceptors (Lipinski definition) is 4. The molecule has 20 heavy (non-hydrogen) atoms. The van der Waals surface area contributed by atoms with E-state index in [1.54, 1.807) is 12.1 Å². The molecule has 1 aromatic carbocycles. The average molecular weight is 298 g/mol. The molecule has 0 amide bonds. The number of sulfonamides is 1. The van der Waals surface area contributed by atoms with Crippen LogP contribution in [-0.4, -0.2) is 25.7 Å². The summed E-state index contributed by atoms with van der Waals surface area (Å²) in [7, 11) is -3.63. The van der Waals surface area contributed by atoms with E-state index in [9.17, 15) is 13.5 Å². The van der Waals surface area contributed by atoms with Crippen LogP contribution in [0.2, 0.25) is 0 Å². The third kappa shape index (κ3) is 4.02. The standard InChI is InChI=1S/C14H22N2O3S/c1-10(16-12-3-2-4-13(17)9-12)11-5-7-14(8-6-11)20(15,18)19/h5-8,10,12-13,16-17H,2-4,9H2,1H3,(H2,15,18,19). The number of benzene rings is 1. The van der Waals surface area contributed by atoms with Crippen molar-refractivity contribution < 1.29 is 13.5 Å². The maximum absolute atomic E-state index is 11.2. The zero-order valence-electron chi connectivity index (χ0n) is 11.6. The number of aliphatic hydroxyl groups excluding tert-OH is 1. The highest BCUT2D eigenvalue weighted by Gasteiger charge is 2.21. The second-order valence-electron chi connectivity index (χ2n) is 5.52. The van der Waals surface area contributed by atoms with Gasteiger partial charge in [0.2, 0.25) is 10.0 Å². The van der Waals surface area contributed by atoms with Crippen LogP contribution in [0.3, 0.4) is 0 Å². The first-order chi connectivity index (χ1) is 9.36. The molecular formula is C14H22N2O3S. The fraction of sp³-hybridized carbons (Fsp3) is 0.571. The number of nitrogens with two attached hydrogens (primary N) is 1. The van der Waals surface area contributed by atoms with Crippen LogP contribution in [-0.2, 0) is 10.0 Å². The van der Waals surface area contributed by atoms with Crippen molar-refractivity contribution in [1.82, 2.24) is 5.32 Å². The van der Waals surface area contributed by atoms with E-state index in [0.29, 0.717) is 6.04 Å². The van der Waals surface area contributed by atoms with E-state index in [1.165, 1.54) is 12.1 Å². The smallest absolute Gasteiger partial charge is 0.238 e. The number of rotatable bonds is 4. The van der Waals surface area contributed by atoms with Crippen LogP contribution in [0.4, 0.5) is 0 Å². The first-order valence-electron chi connectivity index (χ1n) is 6.93. The van der Waals surface area contributed by atoms with Crippen LogP contribution in [0.1, 0.15) is 44.2 Å². The Hall–Kier alpha value is -0.950. The fourth-order valence-corrected chi connectivity index (χ4v) is 3.23. The summed E-state index contributed by atoms with van der Waals surface area (Å²) in [6.45, 7) is 2.03. The van der Waals surface area contributed by atoms with Crippen LogP contribution < -0.4 is 10.5 Å². The maximum atomic E-state index is 11.2. The number of primary sulfonamides is 1. The van der Waals surface area contributed by atoms with Crippen molar-refractivity contribution >= 4 is 10.0 Å². The Morgan fingerprint density at radius 2 is 1.95 bits per heavy atom. The van der Waals surface area contributed by atoms with E-state index in [0.717, 1.165) is 31.2 Å². The normalized spacial score (nSPS) is 25.4. The van der Waals surface area contributed by atoms with E-state index in [1.807, 2.05) is 6.92 Å². The van der Waals surface area contributed by atoms with Crippen molar-refractivity contribution in [1.29, 1.82) is 0 Å². The lowest BCUT2D eigenvalue weighted by atomic mass is 9.92. The molecule has 112 valence electrons. The van der Waals surface area contributed by atoms with Gasteiger partial charge in [-0.2, -0.15) is 0 Å². The largest absolute Gasteiger partial charge is 0.393 e. The highest BCUT2D eigenvalue weighted by molar-refractivity contribution is 7.89. The molecular weight excluding hydrogens is 276 g/mol. The second kappa shape index (κ2) is 6.22. The molecule has 1 aliphatic carbocycles. The molecule has 0 saturated heterocycles. The average Bonchev–Trinajstić information content (AvgIpc) is 2.38. The molecule has 3 unspecified atom stereocenters. The van der Waals surface area contributed by atoms with Gasteiger partial charge in [0.05, 0.1) is 11.0 Å². The Kier molecular flexibility index (Phi) is 4.80. The van der Waals surface area contributed by atoms with Gasteiger partial charge in [0.1, 0.15) is 0 Å². The number of aliphatic hydroxyl groups is 1.